The number of nitrogens with zero attached hydrogens (tertiary/aromatic N) is 5. The van der Waals surface area contributed by atoms with Crippen molar-refractivity contribution in [1.82, 2.24) is 35.7 Å². The maximum atomic E-state index is 12.2. The summed E-state index contributed by atoms with van der Waals surface area (Å²) in [7, 11) is 0. The summed E-state index contributed by atoms with van der Waals surface area (Å²) in [6.07, 6.45) is 4.05. The number of aryl methyl sites for hydroxylation is 1. The molecule has 9 heteroatoms. The van der Waals surface area contributed by atoms with E-state index in [2.05, 4.69) is 38.0 Å². The Morgan fingerprint density at radius 1 is 1.38 bits per heavy atom. The molecule has 0 aromatic carbocycles. The van der Waals surface area contributed by atoms with Crippen molar-refractivity contribution in [2.45, 2.75) is 58.2 Å². The van der Waals surface area contributed by atoms with Gasteiger partial charge in [-0.1, -0.05) is 13.3 Å². The van der Waals surface area contributed by atoms with Crippen molar-refractivity contribution in [3.63, 3.8) is 0 Å². The van der Waals surface area contributed by atoms with Crippen LogP contribution in [0.2, 0.25) is 0 Å². The maximum absolute atomic E-state index is 12.2. The van der Waals surface area contributed by atoms with Gasteiger partial charge in [-0.3, -0.25) is 15.0 Å². The van der Waals surface area contributed by atoms with Gasteiger partial charge in [0.05, 0.1) is 6.54 Å². The van der Waals surface area contributed by atoms with Gasteiger partial charge >= 0.3 is 6.03 Å². The molecular weight excluding hydrogens is 310 g/mol. The van der Waals surface area contributed by atoms with Gasteiger partial charge in [-0.15, -0.1) is 5.10 Å². The molecule has 0 radical (unpaired) electrons. The molecule has 0 bridgehead atoms. The van der Waals surface area contributed by atoms with E-state index in [0.717, 1.165) is 51.1 Å². The number of rotatable bonds is 6. The topological polar surface area (TPSA) is 105 Å². The maximum Gasteiger partial charge on any atom is 0.322 e. The van der Waals surface area contributed by atoms with Gasteiger partial charge in [-0.05, 0) is 43.2 Å². The molecule has 0 saturated carbocycles. The first-order valence-corrected chi connectivity index (χ1v) is 8.64. The number of amides is 3. The lowest BCUT2D eigenvalue weighted by molar-refractivity contribution is -0.126. The molecule has 2 aliphatic rings. The number of carbonyl (C=O) groups excluding carboxylic acids is 2. The van der Waals surface area contributed by atoms with E-state index < -0.39 is 11.6 Å². The second-order valence-electron chi connectivity index (χ2n) is 6.86. The molecular formula is C15H25N7O2. The second-order valence-corrected chi connectivity index (χ2v) is 6.86. The number of aromatic nitrogens is 4. The monoisotopic (exact) mass is 335 g/mol. The van der Waals surface area contributed by atoms with Crippen LogP contribution in [0.1, 0.15) is 45.4 Å². The summed E-state index contributed by atoms with van der Waals surface area (Å²) in [5.74, 6) is 0.707. The average Bonchev–Trinajstić information content (AvgIpc) is 3.10. The fourth-order valence-electron chi connectivity index (χ4n) is 3.53. The Labute approximate surface area is 141 Å². The van der Waals surface area contributed by atoms with Gasteiger partial charge in [0, 0.05) is 19.0 Å². The quantitative estimate of drug-likeness (QED) is 0.724. The van der Waals surface area contributed by atoms with Gasteiger partial charge < -0.3 is 5.32 Å². The lowest BCUT2D eigenvalue weighted by Crippen LogP contribution is -2.55. The minimum Gasteiger partial charge on any atom is -0.323 e. The number of hydrogen-bond acceptors (Lipinski definition) is 6. The van der Waals surface area contributed by atoms with E-state index in [9.17, 15) is 9.59 Å². The van der Waals surface area contributed by atoms with E-state index >= 15 is 0 Å². The molecule has 3 heterocycles. The Balaban J connectivity index is 1.65. The van der Waals surface area contributed by atoms with Crippen molar-refractivity contribution in [3.05, 3.63) is 5.82 Å². The largest absolute Gasteiger partial charge is 0.323 e. The number of carbonyl (C=O) groups is 2. The standard InChI is InChI=1S/C15H25N7O2/c1-3-4-8-22-12(18-19-20-22)10-21-7-5-6-11(9-21)15(2)13(23)16-14(24)17-15/h11H,3-10H2,1-2H3,(H2,16,17,23,24)/t11-,15-/m0/s1. The number of unbranched alkanes of at least 4 members (excludes halogenated alkanes) is 1. The number of tetrazole rings is 1. The molecule has 0 aliphatic carbocycles. The number of urea groups is 1. The zero-order chi connectivity index (χ0) is 17.2. The van der Waals surface area contributed by atoms with Crippen LogP contribution in [0.25, 0.3) is 0 Å². The van der Waals surface area contributed by atoms with Crippen LogP contribution < -0.4 is 10.6 Å². The van der Waals surface area contributed by atoms with Crippen molar-refractivity contribution < 1.29 is 9.59 Å². The first kappa shape index (κ1) is 16.8. The summed E-state index contributed by atoms with van der Waals surface area (Å²) in [4.78, 5) is 25.9. The molecule has 0 spiro atoms. The first-order valence-electron chi connectivity index (χ1n) is 8.64. The Morgan fingerprint density at radius 3 is 2.92 bits per heavy atom. The molecule has 2 N–H and O–H groups in total. The lowest BCUT2D eigenvalue weighted by atomic mass is 9.80. The first-order chi connectivity index (χ1) is 11.5. The molecule has 3 amide bonds. The van der Waals surface area contributed by atoms with E-state index in [1.807, 2.05) is 11.6 Å². The molecule has 2 saturated heterocycles. The van der Waals surface area contributed by atoms with Gasteiger partial charge in [0.15, 0.2) is 5.82 Å². The van der Waals surface area contributed by atoms with Crippen molar-refractivity contribution in [1.29, 1.82) is 0 Å². The minimum absolute atomic E-state index is 0.0812. The normalized spacial score (nSPS) is 28.0. The van der Waals surface area contributed by atoms with Gasteiger partial charge in [-0.2, -0.15) is 0 Å². The molecule has 3 rings (SSSR count). The third kappa shape index (κ3) is 3.26. The van der Waals surface area contributed by atoms with Gasteiger partial charge in [-0.25, -0.2) is 9.48 Å². The fourth-order valence-corrected chi connectivity index (χ4v) is 3.53. The average molecular weight is 335 g/mol. The highest BCUT2D eigenvalue weighted by Gasteiger charge is 2.48. The summed E-state index contributed by atoms with van der Waals surface area (Å²) in [5, 5.41) is 17.1. The van der Waals surface area contributed by atoms with Crippen LogP contribution in [0.4, 0.5) is 4.79 Å². The highest BCUT2D eigenvalue weighted by atomic mass is 16.2. The molecule has 2 fully saturated rings. The Bertz CT molecular complexity index is 617. The number of imide groups is 1. The third-order valence-electron chi connectivity index (χ3n) is 5.09. The summed E-state index contributed by atoms with van der Waals surface area (Å²) in [6, 6.07) is -0.400. The molecule has 0 unspecified atom stereocenters. The molecule has 2 atom stereocenters. The van der Waals surface area contributed by atoms with E-state index in [0.29, 0.717) is 6.54 Å². The van der Waals surface area contributed by atoms with E-state index in [-0.39, 0.29) is 11.8 Å². The van der Waals surface area contributed by atoms with Crippen LogP contribution in [0.3, 0.4) is 0 Å². The van der Waals surface area contributed by atoms with Crippen molar-refractivity contribution in [2.75, 3.05) is 13.1 Å². The van der Waals surface area contributed by atoms with Gasteiger partial charge in [0.1, 0.15) is 5.54 Å². The van der Waals surface area contributed by atoms with Crippen LogP contribution in [-0.4, -0.2) is 55.7 Å². The van der Waals surface area contributed by atoms with Crippen LogP contribution in [-0.2, 0) is 17.9 Å². The Hall–Kier alpha value is -2.03. The van der Waals surface area contributed by atoms with Crippen LogP contribution in [0.5, 0.6) is 0 Å². The minimum atomic E-state index is -0.829. The van der Waals surface area contributed by atoms with Crippen LogP contribution in [0, 0.1) is 5.92 Å². The van der Waals surface area contributed by atoms with Crippen LogP contribution >= 0.6 is 0 Å². The van der Waals surface area contributed by atoms with Crippen LogP contribution in [0.15, 0.2) is 0 Å². The summed E-state index contributed by atoms with van der Waals surface area (Å²) < 4.78 is 1.86. The predicted molar refractivity (Wildman–Crippen MR) is 85.8 cm³/mol. The molecule has 2 aliphatic heterocycles. The molecule has 132 valence electrons. The highest BCUT2D eigenvalue weighted by molar-refractivity contribution is 6.06. The SMILES string of the molecule is CCCCn1nnnc1CN1CCC[C@H]([C@]2(C)NC(=O)NC2=O)C1. The fraction of sp³-hybridized carbons (Fsp3) is 0.800. The number of piperidine rings is 1. The van der Waals surface area contributed by atoms with Gasteiger partial charge in [0.25, 0.3) is 5.91 Å². The summed E-state index contributed by atoms with van der Waals surface area (Å²) in [6.45, 7) is 7.13. The lowest BCUT2D eigenvalue weighted by Gasteiger charge is -2.39. The van der Waals surface area contributed by atoms with Gasteiger partial charge in [0.2, 0.25) is 0 Å². The molecule has 24 heavy (non-hydrogen) atoms. The van der Waals surface area contributed by atoms with Crippen molar-refractivity contribution >= 4 is 11.9 Å². The smallest absolute Gasteiger partial charge is 0.322 e. The third-order valence-corrected chi connectivity index (χ3v) is 5.09. The summed E-state index contributed by atoms with van der Waals surface area (Å²) >= 11 is 0. The Kier molecular flexibility index (Phi) is 4.79. The highest BCUT2D eigenvalue weighted by Crippen LogP contribution is 2.30. The Morgan fingerprint density at radius 2 is 2.21 bits per heavy atom. The molecule has 1 aromatic heterocycles. The van der Waals surface area contributed by atoms with E-state index in [1.54, 1.807) is 0 Å². The van der Waals surface area contributed by atoms with Crippen molar-refractivity contribution in [3.8, 4) is 0 Å². The second kappa shape index (κ2) is 6.84. The molecule has 9 nitrogen and oxygen atoms in total. The predicted octanol–water partition coefficient (Wildman–Crippen LogP) is 0.283. The van der Waals surface area contributed by atoms with E-state index in [4.69, 9.17) is 0 Å². The number of likely N-dealkylation sites (tertiary alicyclic amines) is 1. The number of hydrogen-bond donors (Lipinski definition) is 2. The zero-order valence-electron chi connectivity index (χ0n) is 14.3. The summed E-state index contributed by atoms with van der Waals surface area (Å²) in [5.41, 5.74) is -0.829. The van der Waals surface area contributed by atoms with Crippen molar-refractivity contribution in [2.24, 2.45) is 5.92 Å². The van der Waals surface area contributed by atoms with E-state index in [1.165, 1.54) is 0 Å². The zero-order valence-corrected chi connectivity index (χ0v) is 14.3. The molecule has 1 aromatic rings. The number of nitrogens with one attached hydrogen (secondary N) is 2.